The first-order valence-corrected chi connectivity index (χ1v) is 9.47. The zero-order valence-corrected chi connectivity index (χ0v) is 16.8. The molecule has 0 rings (SSSR count). The van der Waals surface area contributed by atoms with Crippen LogP contribution < -0.4 is 27.4 Å². The maximum atomic E-state index is 12.5. The molecule has 0 aliphatic carbocycles. The van der Waals surface area contributed by atoms with Gasteiger partial charge < -0.3 is 42.7 Å². The van der Waals surface area contributed by atoms with Gasteiger partial charge in [-0.05, 0) is 25.8 Å². The van der Waals surface area contributed by atoms with Crippen LogP contribution in [0.5, 0.6) is 0 Å². The van der Waals surface area contributed by atoms with Gasteiger partial charge in [-0.25, -0.2) is 0 Å². The van der Waals surface area contributed by atoms with Crippen molar-refractivity contribution in [2.75, 3.05) is 13.1 Å². The summed E-state index contributed by atoms with van der Waals surface area (Å²) in [7, 11) is 0. The zero-order valence-electron chi connectivity index (χ0n) is 16.8. The molecule has 176 valence electrons. The summed E-state index contributed by atoms with van der Waals surface area (Å²) in [6.45, 7) is -0.394. The van der Waals surface area contributed by atoms with Gasteiger partial charge in [0.15, 0.2) is 0 Å². The third kappa shape index (κ3) is 12.8. The fraction of sp³-hybridized carbons (Fsp3) is 0.647. The van der Waals surface area contributed by atoms with Crippen LogP contribution in [0.2, 0.25) is 0 Å². The Kier molecular flexibility index (Phi) is 13.1. The highest BCUT2D eigenvalue weighted by Gasteiger charge is 2.29. The molecule has 0 bridgehead atoms. The van der Waals surface area contributed by atoms with E-state index in [0.717, 1.165) is 0 Å². The lowest BCUT2D eigenvalue weighted by atomic mass is 10.1. The predicted molar refractivity (Wildman–Crippen MR) is 105 cm³/mol. The summed E-state index contributed by atoms with van der Waals surface area (Å²) < 4.78 is 0. The summed E-state index contributed by atoms with van der Waals surface area (Å²) in [5.41, 5.74) is 11.1. The van der Waals surface area contributed by atoms with Crippen molar-refractivity contribution in [3.63, 3.8) is 0 Å². The summed E-state index contributed by atoms with van der Waals surface area (Å²) in [5.74, 6) is -6.90. The summed E-state index contributed by atoms with van der Waals surface area (Å²) in [5, 5.41) is 32.8. The normalized spacial score (nSPS) is 13.4. The van der Waals surface area contributed by atoms with Crippen molar-refractivity contribution in [1.82, 2.24) is 16.0 Å². The zero-order chi connectivity index (χ0) is 24.0. The van der Waals surface area contributed by atoms with Gasteiger partial charge in [-0.1, -0.05) is 6.42 Å². The van der Waals surface area contributed by atoms with Crippen LogP contribution in [-0.2, 0) is 28.8 Å². The van der Waals surface area contributed by atoms with Crippen LogP contribution in [0.1, 0.15) is 38.5 Å². The van der Waals surface area contributed by atoms with Crippen molar-refractivity contribution in [3.05, 3.63) is 0 Å². The molecule has 3 unspecified atom stereocenters. The Bertz CT molecular complexity index is 670. The average molecular weight is 447 g/mol. The van der Waals surface area contributed by atoms with E-state index in [1.54, 1.807) is 0 Å². The molecule has 0 aromatic heterocycles. The van der Waals surface area contributed by atoms with Gasteiger partial charge in [0, 0.05) is 6.42 Å². The minimum Gasteiger partial charge on any atom is -0.481 e. The van der Waals surface area contributed by atoms with Crippen LogP contribution in [-0.4, -0.2) is 82.2 Å². The summed E-state index contributed by atoms with van der Waals surface area (Å²) >= 11 is 0. The van der Waals surface area contributed by atoms with Crippen molar-refractivity contribution < 1.29 is 44.1 Å². The fourth-order valence-corrected chi connectivity index (χ4v) is 2.40. The third-order valence-corrected chi connectivity index (χ3v) is 4.01. The first kappa shape index (κ1) is 27.7. The van der Waals surface area contributed by atoms with Crippen LogP contribution in [0.25, 0.3) is 0 Å². The van der Waals surface area contributed by atoms with Crippen LogP contribution in [0.4, 0.5) is 0 Å². The maximum absolute atomic E-state index is 12.5. The van der Waals surface area contributed by atoms with E-state index in [4.69, 9.17) is 26.8 Å². The Balaban J connectivity index is 5.25. The summed E-state index contributed by atoms with van der Waals surface area (Å²) in [4.78, 5) is 69.2. The molecule has 0 aliphatic rings. The molecular weight excluding hydrogens is 418 g/mol. The lowest BCUT2D eigenvalue weighted by Crippen LogP contribution is -2.56. The van der Waals surface area contributed by atoms with Gasteiger partial charge in [-0.2, -0.15) is 0 Å². The van der Waals surface area contributed by atoms with E-state index in [9.17, 15) is 28.8 Å². The van der Waals surface area contributed by atoms with Gasteiger partial charge in [0.05, 0.1) is 12.5 Å². The Morgan fingerprint density at radius 2 is 1.35 bits per heavy atom. The van der Waals surface area contributed by atoms with E-state index in [2.05, 4.69) is 10.6 Å². The minimum absolute atomic E-state index is 0.273. The van der Waals surface area contributed by atoms with Gasteiger partial charge in [0.1, 0.15) is 18.6 Å². The lowest BCUT2D eigenvalue weighted by molar-refractivity contribution is -0.141. The number of carbonyl (C=O) groups is 6. The first-order chi connectivity index (χ1) is 14.5. The maximum Gasteiger partial charge on any atom is 0.322 e. The third-order valence-electron chi connectivity index (χ3n) is 4.01. The van der Waals surface area contributed by atoms with Gasteiger partial charge >= 0.3 is 17.9 Å². The first-order valence-electron chi connectivity index (χ1n) is 9.47. The van der Waals surface area contributed by atoms with E-state index in [1.807, 2.05) is 5.32 Å². The van der Waals surface area contributed by atoms with Crippen molar-refractivity contribution in [3.8, 4) is 0 Å². The predicted octanol–water partition coefficient (Wildman–Crippen LogP) is -3.05. The molecule has 3 amide bonds. The Hall–Kier alpha value is -3.26. The largest absolute Gasteiger partial charge is 0.481 e. The smallest absolute Gasteiger partial charge is 0.322 e. The number of carboxylic acids is 3. The Morgan fingerprint density at radius 3 is 1.87 bits per heavy atom. The fourth-order valence-electron chi connectivity index (χ4n) is 2.40. The molecule has 0 spiro atoms. The number of carboxylic acid groups (broad SMARTS) is 3. The molecule has 0 aromatic rings. The molecule has 31 heavy (non-hydrogen) atoms. The van der Waals surface area contributed by atoms with Gasteiger partial charge in [-0.15, -0.1) is 0 Å². The molecule has 10 N–H and O–H groups in total. The van der Waals surface area contributed by atoms with E-state index in [0.29, 0.717) is 19.4 Å². The highest BCUT2D eigenvalue weighted by atomic mass is 16.4. The second-order valence-electron chi connectivity index (χ2n) is 6.66. The number of carbonyl (C=O) groups excluding carboxylic acids is 3. The van der Waals surface area contributed by atoms with E-state index in [1.165, 1.54) is 0 Å². The van der Waals surface area contributed by atoms with Crippen molar-refractivity contribution in [2.24, 2.45) is 11.5 Å². The van der Waals surface area contributed by atoms with Crippen molar-refractivity contribution in [1.29, 1.82) is 0 Å². The molecule has 0 saturated heterocycles. The highest BCUT2D eigenvalue weighted by Crippen LogP contribution is 2.04. The number of amides is 3. The standard InChI is InChI=1S/C17H29N5O9/c18-6-2-1-3-9(19)15(29)21-10(4-5-12(23)24)17(31)22-11(7-13(25)26)16(30)20-8-14(27)28/h9-11H,1-8,18-19H2,(H,20,30)(H,21,29)(H,22,31)(H,23,24)(H,25,26)(H,27,28). The molecule has 0 saturated carbocycles. The number of aliphatic carboxylic acids is 3. The number of nitrogens with two attached hydrogens (primary N) is 2. The van der Waals surface area contributed by atoms with Crippen LogP contribution in [0.3, 0.4) is 0 Å². The molecule has 14 nitrogen and oxygen atoms in total. The molecule has 0 heterocycles. The molecule has 0 aromatic carbocycles. The highest BCUT2D eigenvalue weighted by molar-refractivity contribution is 5.95. The summed E-state index contributed by atoms with van der Waals surface area (Å²) in [6.07, 6.45) is -0.257. The van der Waals surface area contributed by atoms with Crippen LogP contribution in [0, 0.1) is 0 Å². The molecule has 0 fully saturated rings. The Labute approximate surface area is 177 Å². The second kappa shape index (κ2) is 14.7. The number of hydrogen-bond donors (Lipinski definition) is 8. The van der Waals surface area contributed by atoms with Crippen molar-refractivity contribution >= 4 is 35.6 Å². The topological polar surface area (TPSA) is 251 Å². The SMILES string of the molecule is NCCCCC(N)C(=O)NC(CCC(=O)O)C(=O)NC(CC(=O)O)C(=O)NCC(=O)O. The monoisotopic (exact) mass is 447 g/mol. The number of unbranched alkanes of at least 4 members (excludes halogenated alkanes) is 1. The average Bonchev–Trinajstić information content (AvgIpc) is 2.67. The number of hydrogen-bond acceptors (Lipinski definition) is 8. The molecular formula is C17H29N5O9. The van der Waals surface area contributed by atoms with E-state index in [-0.39, 0.29) is 12.8 Å². The lowest BCUT2D eigenvalue weighted by Gasteiger charge is -2.23. The number of rotatable bonds is 16. The van der Waals surface area contributed by atoms with Gasteiger partial charge in [0.2, 0.25) is 17.7 Å². The molecule has 14 heteroatoms. The molecule has 3 atom stereocenters. The van der Waals surface area contributed by atoms with E-state index < -0.39 is 73.1 Å². The summed E-state index contributed by atoms with van der Waals surface area (Å²) in [6, 6.07) is -4.04. The van der Waals surface area contributed by atoms with E-state index >= 15 is 0 Å². The molecule has 0 radical (unpaired) electrons. The quantitative estimate of drug-likeness (QED) is 0.110. The van der Waals surface area contributed by atoms with Crippen molar-refractivity contribution in [2.45, 2.75) is 56.7 Å². The minimum atomic E-state index is -1.65. The number of nitrogens with one attached hydrogen (secondary N) is 3. The molecule has 0 aliphatic heterocycles. The van der Waals surface area contributed by atoms with Crippen LogP contribution >= 0.6 is 0 Å². The van der Waals surface area contributed by atoms with Crippen LogP contribution in [0.15, 0.2) is 0 Å². The van der Waals surface area contributed by atoms with Gasteiger partial charge in [0.25, 0.3) is 0 Å². The second-order valence-corrected chi connectivity index (χ2v) is 6.66. The van der Waals surface area contributed by atoms with Gasteiger partial charge in [-0.3, -0.25) is 28.8 Å². The Morgan fingerprint density at radius 1 is 0.742 bits per heavy atom.